The minimum absolute atomic E-state index is 0.315. The summed E-state index contributed by atoms with van der Waals surface area (Å²) >= 11 is 0. The van der Waals surface area contributed by atoms with E-state index >= 15 is 0 Å². The van der Waals surface area contributed by atoms with Gasteiger partial charge in [-0.2, -0.15) is 5.10 Å². The highest BCUT2D eigenvalue weighted by Crippen LogP contribution is 2.20. The van der Waals surface area contributed by atoms with Crippen molar-refractivity contribution in [3.05, 3.63) is 82.7 Å². The Morgan fingerprint density at radius 3 is 2.41 bits per heavy atom. The largest absolute Gasteiger partial charge is 0.322 e. The Morgan fingerprint density at radius 1 is 1.04 bits per heavy atom. The number of anilines is 1. The summed E-state index contributed by atoms with van der Waals surface area (Å²) in [5.74, 6) is -1.09. The minimum atomic E-state index is -0.410. The summed E-state index contributed by atoms with van der Waals surface area (Å²) in [7, 11) is 0. The van der Waals surface area contributed by atoms with Crippen LogP contribution in [0.2, 0.25) is 0 Å². The first kappa shape index (κ1) is 18.5. The van der Waals surface area contributed by atoms with Crippen molar-refractivity contribution in [1.29, 1.82) is 0 Å². The fourth-order valence-electron chi connectivity index (χ4n) is 2.79. The monoisotopic (exact) mass is 367 g/mol. The van der Waals surface area contributed by atoms with Crippen LogP contribution in [0.25, 0.3) is 11.8 Å². The number of rotatable bonds is 4. The quantitative estimate of drug-likeness (QED) is 0.678. The second-order valence-electron chi connectivity index (χ2n) is 6.25. The third kappa shape index (κ3) is 4.11. The average Bonchev–Trinajstić information content (AvgIpc) is 2.91. The first-order valence-corrected chi connectivity index (χ1v) is 8.42. The molecule has 3 rings (SSSR count). The van der Waals surface area contributed by atoms with Gasteiger partial charge in [0.2, 0.25) is 5.91 Å². The lowest BCUT2D eigenvalue weighted by Crippen LogP contribution is -2.09. The Bertz CT molecular complexity index is 1020. The summed E-state index contributed by atoms with van der Waals surface area (Å²) < 4.78 is 28.2. The summed E-state index contributed by atoms with van der Waals surface area (Å²) in [6.45, 7) is 5.50. The van der Waals surface area contributed by atoms with Gasteiger partial charge in [0.15, 0.2) is 0 Å². The molecule has 0 atom stereocenters. The van der Waals surface area contributed by atoms with E-state index in [9.17, 15) is 13.6 Å². The van der Waals surface area contributed by atoms with Crippen LogP contribution in [0.1, 0.15) is 22.5 Å². The molecule has 0 fully saturated rings. The molecule has 138 valence electrons. The summed E-state index contributed by atoms with van der Waals surface area (Å²) in [4.78, 5) is 12.2. The third-order valence-corrected chi connectivity index (χ3v) is 4.28. The number of hydrogen-bond acceptors (Lipinski definition) is 2. The third-order valence-electron chi connectivity index (χ3n) is 4.28. The van der Waals surface area contributed by atoms with Gasteiger partial charge in [-0.25, -0.2) is 13.5 Å². The molecule has 27 heavy (non-hydrogen) atoms. The second kappa shape index (κ2) is 7.53. The Hall–Kier alpha value is -3.28. The van der Waals surface area contributed by atoms with Crippen LogP contribution in [0.15, 0.2) is 48.5 Å². The van der Waals surface area contributed by atoms with E-state index in [2.05, 4.69) is 10.4 Å². The summed E-state index contributed by atoms with van der Waals surface area (Å²) in [5.41, 5.74) is 4.30. The normalized spacial score (nSPS) is 11.1. The molecule has 1 N–H and O–H groups in total. The molecule has 0 bridgehead atoms. The molecule has 0 saturated heterocycles. The summed E-state index contributed by atoms with van der Waals surface area (Å²) in [6, 6.07) is 10.3. The standard InChI is InChI=1S/C21H19F2N3O/c1-13-4-5-17(23)12-20(13)24-21(27)11-10-19-14(2)25-26(15(19)3)18-8-6-16(22)7-9-18/h4-12H,1-3H3,(H,24,27)/b11-10+. The van der Waals surface area contributed by atoms with Crippen molar-refractivity contribution in [3.63, 3.8) is 0 Å². The van der Waals surface area contributed by atoms with E-state index in [1.54, 1.807) is 35.9 Å². The molecule has 0 spiro atoms. The zero-order chi connectivity index (χ0) is 19.6. The van der Waals surface area contributed by atoms with Gasteiger partial charge in [0.25, 0.3) is 0 Å². The molecule has 0 radical (unpaired) electrons. The molecular weight excluding hydrogens is 348 g/mol. The summed E-state index contributed by atoms with van der Waals surface area (Å²) in [6.07, 6.45) is 3.05. The van der Waals surface area contributed by atoms with Gasteiger partial charge in [0.1, 0.15) is 11.6 Å². The number of amides is 1. The molecule has 0 aliphatic carbocycles. The number of nitrogens with one attached hydrogen (secondary N) is 1. The smallest absolute Gasteiger partial charge is 0.248 e. The molecule has 1 heterocycles. The van der Waals surface area contributed by atoms with Gasteiger partial charge in [-0.3, -0.25) is 4.79 Å². The van der Waals surface area contributed by atoms with Crippen LogP contribution in [-0.4, -0.2) is 15.7 Å². The number of aromatic nitrogens is 2. The van der Waals surface area contributed by atoms with Crippen molar-refractivity contribution in [2.24, 2.45) is 0 Å². The van der Waals surface area contributed by atoms with Gasteiger partial charge in [-0.05, 0) is 68.8 Å². The molecule has 4 nitrogen and oxygen atoms in total. The molecule has 0 aliphatic rings. The highest BCUT2D eigenvalue weighted by Gasteiger charge is 2.11. The lowest BCUT2D eigenvalue weighted by atomic mass is 10.1. The van der Waals surface area contributed by atoms with E-state index in [0.29, 0.717) is 5.69 Å². The second-order valence-corrected chi connectivity index (χ2v) is 6.25. The number of carbonyl (C=O) groups is 1. The predicted octanol–water partition coefficient (Wildman–Crippen LogP) is 4.73. The van der Waals surface area contributed by atoms with Gasteiger partial charge in [0, 0.05) is 23.0 Å². The first-order valence-electron chi connectivity index (χ1n) is 8.42. The molecule has 0 unspecified atom stereocenters. The van der Waals surface area contributed by atoms with Gasteiger partial charge in [-0.15, -0.1) is 0 Å². The van der Waals surface area contributed by atoms with E-state index in [4.69, 9.17) is 0 Å². The number of benzene rings is 2. The van der Waals surface area contributed by atoms with E-state index in [1.807, 2.05) is 13.8 Å². The van der Waals surface area contributed by atoms with Crippen molar-refractivity contribution >= 4 is 17.7 Å². The van der Waals surface area contributed by atoms with Crippen LogP contribution in [-0.2, 0) is 4.79 Å². The van der Waals surface area contributed by atoms with Gasteiger partial charge in [0.05, 0.1) is 11.4 Å². The number of nitrogens with zero attached hydrogens (tertiary/aromatic N) is 2. The van der Waals surface area contributed by atoms with Crippen molar-refractivity contribution in [3.8, 4) is 5.69 Å². The molecule has 0 saturated carbocycles. The maximum Gasteiger partial charge on any atom is 0.248 e. The maximum atomic E-state index is 13.3. The van der Waals surface area contributed by atoms with Gasteiger partial charge in [-0.1, -0.05) is 6.07 Å². The molecule has 1 aromatic heterocycles. The van der Waals surface area contributed by atoms with Crippen molar-refractivity contribution < 1.29 is 13.6 Å². The Labute approximate surface area is 156 Å². The first-order chi connectivity index (χ1) is 12.8. The fourth-order valence-corrected chi connectivity index (χ4v) is 2.79. The lowest BCUT2D eigenvalue weighted by Gasteiger charge is -2.06. The van der Waals surface area contributed by atoms with Crippen LogP contribution in [0, 0.1) is 32.4 Å². The van der Waals surface area contributed by atoms with Crippen LogP contribution in [0.5, 0.6) is 0 Å². The van der Waals surface area contributed by atoms with Crippen molar-refractivity contribution in [2.75, 3.05) is 5.32 Å². The summed E-state index contributed by atoms with van der Waals surface area (Å²) in [5, 5.41) is 7.13. The van der Waals surface area contributed by atoms with Crippen LogP contribution in [0.4, 0.5) is 14.5 Å². The Kier molecular flexibility index (Phi) is 5.16. The highest BCUT2D eigenvalue weighted by molar-refractivity contribution is 6.02. The van der Waals surface area contributed by atoms with Gasteiger partial charge < -0.3 is 5.32 Å². The molecular formula is C21H19F2N3O. The van der Waals surface area contributed by atoms with Crippen LogP contribution in [0.3, 0.4) is 0 Å². The molecule has 2 aromatic carbocycles. The molecule has 3 aromatic rings. The molecule has 6 heteroatoms. The maximum absolute atomic E-state index is 13.3. The number of carbonyl (C=O) groups excluding carboxylic acids is 1. The minimum Gasteiger partial charge on any atom is -0.322 e. The average molecular weight is 367 g/mol. The van der Waals surface area contributed by atoms with E-state index in [0.717, 1.165) is 28.2 Å². The lowest BCUT2D eigenvalue weighted by molar-refractivity contribution is -0.111. The zero-order valence-corrected chi connectivity index (χ0v) is 15.3. The van der Waals surface area contributed by atoms with Crippen LogP contribution >= 0.6 is 0 Å². The number of halogens is 2. The van der Waals surface area contributed by atoms with Crippen LogP contribution < -0.4 is 5.32 Å². The Balaban J connectivity index is 1.82. The zero-order valence-electron chi connectivity index (χ0n) is 15.3. The number of aryl methyl sites for hydroxylation is 2. The van der Waals surface area contributed by atoms with E-state index < -0.39 is 5.82 Å². The fraction of sp³-hybridized carbons (Fsp3) is 0.143. The Morgan fingerprint density at radius 2 is 1.70 bits per heavy atom. The molecule has 0 aliphatic heterocycles. The predicted molar refractivity (Wildman–Crippen MR) is 102 cm³/mol. The van der Waals surface area contributed by atoms with E-state index in [1.165, 1.54) is 30.3 Å². The molecule has 1 amide bonds. The highest BCUT2D eigenvalue weighted by atomic mass is 19.1. The van der Waals surface area contributed by atoms with E-state index in [-0.39, 0.29) is 11.7 Å². The van der Waals surface area contributed by atoms with Crippen molar-refractivity contribution in [1.82, 2.24) is 9.78 Å². The SMILES string of the molecule is Cc1ccc(F)cc1NC(=O)/C=C/c1c(C)nn(-c2ccc(F)cc2)c1C. The topological polar surface area (TPSA) is 46.9 Å². The van der Waals surface area contributed by atoms with Crippen molar-refractivity contribution in [2.45, 2.75) is 20.8 Å². The van der Waals surface area contributed by atoms with Gasteiger partial charge >= 0.3 is 0 Å². The number of hydrogen-bond donors (Lipinski definition) is 1.